The highest BCUT2D eigenvalue weighted by Gasteiger charge is 2.47. The van der Waals surface area contributed by atoms with E-state index in [0.717, 1.165) is 12.1 Å². The van der Waals surface area contributed by atoms with Crippen LogP contribution in [0.2, 0.25) is 5.02 Å². The van der Waals surface area contributed by atoms with E-state index in [1.54, 1.807) is 11.0 Å². The van der Waals surface area contributed by atoms with Crippen LogP contribution in [0.25, 0.3) is 6.08 Å². The summed E-state index contributed by atoms with van der Waals surface area (Å²) in [6.07, 6.45) is 1.90. The van der Waals surface area contributed by atoms with E-state index >= 15 is 0 Å². The molecule has 1 spiro atoms. The van der Waals surface area contributed by atoms with E-state index in [9.17, 15) is 22.4 Å². The number of ether oxygens (including phenoxy) is 1. The van der Waals surface area contributed by atoms with Crippen LogP contribution in [0.15, 0.2) is 66.9 Å². The Kier molecular flexibility index (Phi) is 8.00. The summed E-state index contributed by atoms with van der Waals surface area (Å²) in [7, 11) is 0. The first kappa shape index (κ1) is 27.9. The number of nitrogens with zero attached hydrogens (tertiary/aromatic N) is 3. The Hall–Kier alpha value is -3.63. The highest BCUT2D eigenvalue weighted by Crippen LogP contribution is 2.48. The number of urea groups is 1. The molecule has 0 bridgehead atoms. The van der Waals surface area contributed by atoms with Gasteiger partial charge in [0, 0.05) is 42.0 Å². The SMILES string of the molecule is O=C(NCc1ccnc(F)c1)N1CC2(CCN(CC=Cc3ccc(Cl)cc3)CC2)c2cc(OC(F)(F)F)ccc21. The average Bonchev–Trinajstić information content (AvgIpc) is 3.22. The molecule has 210 valence electrons. The molecule has 6 nitrogen and oxygen atoms in total. The maximum absolute atomic E-state index is 13.5. The van der Waals surface area contributed by atoms with Gasteiger partial charge in [0.15, 0.2) is 0 Å². The average molecular weight is 575 g/mol. The fraction of sp³-hybridized carbons (Fsp3) is 0.310. The van der Waals surface area contributed by atoms with Gasteiger partial charge in [0.1, 0.15) is 5.75 Å². The number of nitrogens with one attached hydrogen (secondary N) is 1. The number of hydrogen-bond donors (Lipinski definition) is 1. The van der Waals surface area contributed by atoms with Gasteiger partial charge in [-0.15, -0.1) is 13.2 Å². The largest absolute Gasteiger partial charge is 0.573 e. The first-order valence-electron chi connectivity index (χ1n) is 12.8. The van der Waals surface area contributed by atoms with Gasteiger partial charge in [-0.1, -0.05) is 35.9 Å². The molecule has 5 rings (SSSR count). The van der Waals surface area contributed by atoms with Gasteiger partial charge < -0.3 is 10.1 Å². The van der Waals surface area contributed by atoms with E-state index in [0.29, 0.717) is 54.3 Å². The minimum atomic E-state index is -4.82. The molecule has 0 atom stereocenters. The predicted molar refractivity (Wildman–Crippen MR) is 145 cm³/mol. The highest BCUT2D eigenvalue weighted by atomic mass is 35.5. The Labute approximate surface area is 234 Å². The van der Waals surface area contributed by atoms with Crippen molar-refractivity contribution in [2.24, 2.45) is 0 Å². The zero-order chi connectivity index (χ0) is 28.3. The maximum atomic E-state index is 13.5. The number of likely N-dealkylation sites (tertiary alicyclic amines) is 1. The van der Waals surface area contributed by atoms with Crippen LogP contribution in [0.5, 0.6) is 5.75 Å². The van der Waals surface area contributed by atoms with E-state index in [2.05, 4.69) is 26.0 Å². The van der Waals surface area contributed by atoms with E-state index in [1.807, 2.05) is 30.3 Å². The summed E-state index contributed by atoms with van der Waals surface area (Å²) >= 11 is 5.94. The Morgan fingerprint density at radius 1 is 1.10 bits per heavy atom. The van der Waals surface area contributed by atoms with Gasteiger partial charge in [0.2, 0.25) is 5.95 Å². The number of fused-ring (bicyclic) bond motifs is 2. The van der Waals surface area contributed by atoms with Gasteiger partial charge in [-0.3, -0.25) is 9.80 Å². The number of aromatic nitrogens is 1. The molecule has 0 unspecified atom stereocenters. The molecular weight excluding hydrogens is 548 g/mol. The van der Waals surface area contributed by atoms with Crippen LogP contribution in [-0.4, -0.2) is 48.5 Å². The van der Waals surface area contributed by atoms with Crippen LogP contribution in [0, 0.1) is 5.95 Å². The molecular formula is C29H27ClF4N4O2. The van der Waals surface area contributed by atoms with E-state index in [-0.39, 0.29) is 12.3 Å². The van der Waals surface area contributed by atoms with Crippen molar-refractivity contribution in [1.29, 1.82) is 0 Å². The van der Waals surface area contributed by atoms with Crippen LogP contribution < -0.4 is 15.0 Å². The molecule has 40 heavy (non-hydrogen) atoms. The summed E-state index contributed by atoms with van der Waals surface area (Å²) in [6, 6.07) is 14.1. The fourth-order valence-electron chi connectivity index (χ4n) is 5.36. The topological polar surface area (TPSA) is 57.7 Å². The number of benzene rings is 2. The molecule has 1 fully saturated rings. The van der Waals surface area contributed by atoms with Gasteiger partial charge in [0.25, 0.3) is 0 Å². The molecule has 0 aliphatic carbocycles. The molecule has 3 heterocycles. The minimum absolute atomic E-state index is 0.0834. The Morgan fingerprint density at radius 2 is 1.85 bits per heavy atom. The fourth-order valence-corrected chi connectivity index (χ4v) is 5.48. The number of pyridine rings is 1. The van der Waals surface area contributed by atoms with E-state index in [4.69, 9.17) is 11.6 Å². The van der Waals surface area contributed by atoms with Crippen LogP contribution in [0.4, 0.5) is 28.0 Å². The molecule has 3 aromatic rings. The third-order valence-electron chi connectivity index (χ3n) is 7.36. The van der Waals surface area contributed by atoms with E-state index < -0.39 is 23.8 Å². The normalized spacial score (nSPS) is 16.9. The second-order valence-electron chi connectivity index (χ2n) is 9.99. The van der Waals surface area contributed by atoms with Gasteiger partial charge in [-0.25, -0.2) is 9.78 Å². The Balaban J connectivity index is 1.31. The number of carbonyl (C=O) groups is 1. The number of piperidine rings is 1. The summed E-state index contributed by atoms with van der Waals surface area (Å²) in [5.41, 5.74) is 2.27. The van der Waals surface area contributed by atoms with Crippen LogP contribution in [0.3, 0.4) is 0 Å². The summed E-state index contributed by atoms with van der Waals surface area (Å²) in [5.74, 6) is -0.961. The first-order valence-corrected chi connectivity index (χ1v) is 13.2. The Bertz CT molecular complexity index is 1390. The Morgan fingerprint density at radius 3 is 2.55 bits per heavy atom. The summed E-state index contributed by atoms with van der Waals surface area (Å²) in [6.45, 7) is 2.54. The number of amides is 2. The third kappa shape index (κ3) is 6.56. The van der Waals surface area contributed by atoms with Crippen molar-refractivity contribution in [1.82, 2.24) is 15.2 Å². The van der Waals surface area contributed by atoms with Crippen LogP contribution in [-0.2, 0) is 12.0 Å². The lowest BCUT2D eigenvalue weighted by atomic mass is 9.74. The number of anilines is 1. The molecule has 1 saturated heterocycles. The molecule has 0 radical (unpaired) electrons. The third-order valence-corrected chi connectivity index (χ3v) is 7.61. The van der Waals surface area contributed by atoms with Gasteiger partial charge >= 0.3 is 12.4 Å². The van der Waals surface area contributed by atoms with Crippen molar-refractivity contribution < 1.29 is 27.1 Å². The van der Waals surface area contributed by atoms with Crippen molar-refractivity contribution in [3.05, 3.63) is 94.5 Å². The minimum Gasteiger partial charge on any atom is -0.406 e. The summed E-state index contributed by atoms with van der Waals surface area (Å²) in [4.78, 5) is 20.6. The molecule has 11 heteroatoms. The standard InChI is InChI=1S/C29H27ClF4N4O2/c30-22-5-3-20(4-6-22)2-1-13-37-14-10-28(11-15-37)19-38(27(39)36-18-21-9-12-35-26(31)16-21)25-8-7-23(17-24(25)28)40-29(32,33)34/h1-9,12,16-17H,10-11,13-15,18-19H2,(H,36,39). The second-order valence-corrected chi connectivity index (χ2v) is 10.4. The summed E-state index contributed by atoms with van der Waals surface area (Å²) in [5, 5.41) is 3.47. The monoisotopic (exact) mass is 574 g/mol. The molecule has 2 aliphatic heterocycles. The number of halogens is 5. The lowest BCUT2D eigenvalue weighted by Gasteiger charge is -2.39. The maximum Gasteiger partial charge on any atom is 0.573 e. The predicted octanol–water partition coefficient (Wildman–Crippen LogP) is 6.55. The molecule has 2 aliphatic rings. The van der Waals surface area contributed by atoms with Crippen molar-refractivity contribution >= 4 is 29.4 Å². The lowest BCUT2D eigenvalue weighted by molar-refractivity contribution is -0.274. The quantitative estimate of drug-likeness (QED) is 0.268. The van der Waals surface area contributed by atoms with Crippen molar-refractivity contribution in [2.75, 3.05) is 31.1 Å². The summed E-state index contributed by atoms with van der Waals surface area (Å²) < 4.78 is 56.6. The molecule has 0 saturated carbocycles. The van der Waals surface area contributed by atoms with Crippen molar-refractivity contribution in [2.45, 2.75) is 31.2 Å². The lowest BCUT2D eigenvalue weighted by Crippen LogP contribution is -2.47. The van der Waals surface area contributed by atoms with E-state index in [1.165, 1.54) is 30.5 Å². The van der Waals surface area contributed by atoms with Gasteiger partial charge in [-0.2, -0.15) is 4.39 Å². The zero-order valence-electron chi connectivity index (χ0n) is 21.4. The molecule has 2 aromatic carbocycles. The second kappa shape index (κ2) is 11.5. The number of alkyl halides is 3. The number of carbonyl (C=O) groups excluding carboxylic acids is 1. The molecule has 1 aromatic heterocycles. The highest BCUT2D eigenvalue weighted by molar-refractivity contribution is 6.30. The van der Waals surface area contributed by atoms with Crippen LogP contribution in [0.1, 0.15) is 29.5 Å². The molecule has 2 amide bonds. The number of hydrogen-bond acceptors (Lipinski definition) is 4. The first-order chi connectivity index (χ1) is 19.1. The molecule has 1 N–H and O–H groups in total. The number of rotatable bonds is 6. The van der Waals surface area contributed by atoms with Crippen molar-refractivity contribution in [3.8, 4) is 5.75 Å². The van der Waals surface area contributed by atoms with Crippen LogP contribution >= 0.6 is 11.6 Å². The van der Waals surface area contributed by atoms with Crippen molar-refractivity contribution in [3.63, 3.8) is 0 Å². The van der Waals surface area contributed by atoms with Gasteiger partial charge in [-0.05, 0) is 85.1 Å². The smallest absolute Gasteiger partial charge is 0.406 e. The van der Waals surface area contributed by atoms with Gasteiger partial charge in [0.05, 0.1) is 0 Å². The zero-order valence-corrected chi connectivity index (χ0v) is 22.2.